The number of fused-ring (bicyclic) bond motifs is 1. The molecule has 2 aromatic heterocycles. The van der Waals surface area contributed by atoms with Gasteiger partial charge in [0.25, 0.3) is 0 Å². The molecular formula is C8H9ClN4. The van der Waals surface area contributed by atoms with Crippen molar-refractivity contribution < 1.29 is 0 Å². The van der Waals surface area contributed by atoms with E-state index in [2.05, 4.69) is 29.0 Å². The van der Waals surface area contributed by atoms with Crippen LogP contribution in [0.25, 0.3) is 5.65 Å². The van der Waals surface area contributed by atoms with E-state index in [1.54, 1.807) is 12.4 Å². The average Bonchev–Trinajstić information content (AvgIpc) is 2.46. The second-order valence-electron chi connectivity index (χ2n) is 3.15. The largest absolute Gasteiger partial charge is 0.269 e. The minimum absolute atomic E-state index is 0.331. The first kappa shape index (κ1) is 8.44. The number of hydrogen-bond donors (Lipinski definition) is 0. The fraction of sp³-hybridized carbons (Fsp3) is 0.375. The lowest BCUT2D eigenvalue weighted by molar-refractivity contribution is 0.754. The second kappa shape index (κ2) is 2.96. The normalized spacial score (nSPS) is 11.4. The summed E-state index contributed by atoms with van der Waals surface area (Å²) in [5, 5.41) is 8.48. The van der Waals surface area contributed by atoms with E-state index < -0.39 is 0 Å². The molecule has 0 atom stereocenters. The van der Waals surface area contributed by atoms with Gasteiger partial charge in [-0.2, -0.15) is 0 Å². The first-order chi connectivity index (χ1) is 6.18. The zero-order valence-corrected chi connectivity index (χ0v) is 8.15. The predicted molar refractivity (Wildman–Crippen MR) is 49.9 cm³/mol. The van der Waals surface area contributed by atoms with Crippen LogP contribution in [0.5, 0.6) is 0 Å². The Morgan fingerprint density at radius 3 is 2.85 bits per heavy atom. The molecule has 0 bridgehead atoms. The molecule has 0 aliphatic carbocycles. The first-order valence-electron chi connectivity index (χ1n) is 4.04. The zero-order valence-electron chi connectivity index (χ0n) is 7.40. The van der Waals surface area contributed by atoms with Crippen LogP contribution in [0.1, 0.15) is 25.6 Å². The van der Waals surface area contributed by atoms with Gasteiger partial charge in [-0.05, 0) is 0 Å². The van der Waals surface area contributed by atoms with Gasteiger partial charge in [-0.1, -0.05) is 25.4 Å². The Kier molecular flexibility index (Phi) is 1.92. The van der Waals surface area contributed by atoms with E-state index in [9.17, 15) is 0 Å². The molecule has 0 aliphatic rings. The highest BCUT2D eigenvalue weighted by Gasteiger charge is 2.08. The number of hydrogen-bond acceptors (Lipinski definition) is 3. The zero-order chi connectivity index (χ0) is 9.42. The summed E-state index contributed by atoms with van der Waals surface area (Å²) >= 11 is 5.72. The molecule has 2 rings (SSSR count). The first-order valence-corrected chi connectivity index (χ1v) is 4.42. The molecule has 0 amide bonds. The minimum atomic E-state index is 0.331. The van der Waals surface area contributed by atoms with Gasteiger partial charge in [0.2, 0.25) is 0 Å². The Labute approximate surface area is 80.6 Å². The van der Waals surface area contributed by atoms with Crippen LogP contribution in [0.4, 0.5) is 0 Å². The van der Waals surface area contributed by atoms with Gasteiger partial charge < -0.3 is 0 Å². The van der Waals surface area contributed by atoms with Gasteiger partial charge in [-0.15, -0.1) is 10.2 Å². The molecule has 0 spiro atoms. The molecule has 0 unspecified atom stereocenters. The third-order valence-corrected chi connectivity index (χ3v) is 2.02. The lowest BCUT2D eigenvalue weighted by Gasteiger charge is -2.00. The van der Waals surface area contributed by atoms with Crippen molar-refractivity contribution in [3.8, 4) is 0 Å². The van der Waals surface area contributed by atoms with Crippen molar-refractivity contribution in [3.63, 3.8) is 0 Å². The highest BCUT2D eigenvalue weighted by molar-refractivity contribution is 6.29. The average molecular weight is 197 g/mol. The van der Waals surface area contributed by atoms with Crippen molar-refractivity contribution in [3.05, 3.63) is 23.4 Å². The van der Waals surface area contributed by atoms with E-state index >= 15 is 0 Å². The van der Waals surface area contributed by atoms with Gasteiger partial charge in [-0.3, -0.25) is 4.40 Å². The molecule has 2 heterocycles. The highest BCUT2D eigenvalue weighted by atomic mass is 35.5. The van der Waals surface area contributed by atoms with Crippen molar-refractivity contribution in [1.29, 1.82) is 0 Å². The predicted octanol–water partition coefficient (Wildman–Crippen LogP) is 1.90. The molecule has 0 aliphatic heterocycles. The van der Waals surface area contributed by atoms with E-state index in [0.29, 0.717) is 11.1 Å². The van der Waals surface area contributed by atoms with Crippen LogP contribution < -0.4 is 0 Å². The molecule has 13 heavy (non-hydrogen) atoms. The van der Waals surface area contributed by atoms with Gasteiger partial charge in [0.15, 0.2) is 5.65 Å². The molecule has 4 nitrogen and oxygen atoms in total. The summed E-state index contributed by atoms with van der Waals surface area (Å²) < 4.78 is 1.84. The molecule has 0 radical (unpaired) electrons. The summed E-state index contributed by atoms with van der Waals surface area (Å²) in [6.45, 7) is 4.12. The van der Waals surface area contributed by atoms with Crippen molar-refractivity contribution in [1.82, 2.24) is 19.6 Å². The van der Waals surface area contributed by atoms with Crippen molar-refractivity contribution >= 4 is 17.2 Å². The second-order valence-corrected chi connectivity index (χ2v) is 3.54. The van der Waals surface area contributed by atoms with E-state index in [1.807, 2.05) is 4.40 Å². The summed E-state index contributed by atoms with van der Waals surface area (Å²) in [4.78, 5) is 3.97. The Morgan fingerprint density at radius 1 is 1.38 bits per heavy atom. The quantitative estimate of drug-likeness (QED) is 0.655. The smallest absolute Gasteiger partial charge is 0.165 e. The van der Waals surface area contributed by atoms with Crippen molar-refractivity contribution in [2.45, 2.75) is 19.8 Å². The van der Waals surface area contributed by atoms with Crippen LogP contribution >= 0.6 is 11.6 Å². The number of aromatic nitrogens is 4. The number of halogens is 1. The summed E-state index contributed by atoms with van der Waals surface area (Å²) in [5.74, 6) is 1.23. The lowest BCUT2D eigenvalue weighted by Crippen LogP contribution is -1.97. The Balaban J connectivity index is 2.69. The molecule has 0 aromatic carbocycles. The fourth-order valence-electron chi connectivity index (χ4n) is 1.18. The molecule has 0 N–H and O–H groups in total. The van der Waals surface area contributed by atoms with Crippen LogP contribution in [0.2, 0.25) is 5.15 Å². The van der Waals surface area contributed by atoms with E-state index in [-0.39, 0.29) is 0 Å². The summed E-state index contributed by atoms with van der Waals surface area (Å²) in [7, 11) is 0. The molecule has 2 aromatic rings. The fourth-order valence-corrected chi connectivity index (χ4v) is 1.32. The van der Waals surface area contributed by atoms with Gasteiger partial charge in [-0.25, -0.2) is 4.98 Å². The number of rotatable bonds is 1. The van der Waals surface area contributed by atoms with Gasteiger partial charge >= 0.3 is 0 Å². The van der Waals surface area contributed by atoms with Gasteiger partial charge in [0, 0.05) is 12.0 Å². The maximum atomic E-state index is 5.72. The molecule has 0 fully saturated rings. The van der Waals surface area contributed by atoms with Crippen LogP contribution in [0.15, 0.2) is 12.4 Å². The monoisotopic (exact) mass is 196 g/mol. The molecule has 0 saturated carbocycles. The molecule has 5 heteroatoms. The molecule has 0 saturated heterocycles. The Hall–Kier alpha value is -1.16. The third kappa shape index (κ3) is 1.37. The minimum Gasteiger partial charge on any atom is -0.269 e. The van der Waals surface area contributed by atoms with E-state index in [0.717, 1.165) is 11.5 Å². The van der Waals surface area contributed by atoms with E-state index in [1.165, 1.54) is 0 Å². The Bertz CT molecular complexity index is 435. The maximum Gasteiger partial charge on any atom is 0.165 e. The molecule has 68 valence electrons. The van der Waals surface area contributed by atoms with E-state index in [4.69, 9.17) is 11.6 Å². The highest BCUT2D eigenvalue weighted by Crippen LogP contribution is 2.14. The van der Waals surface area contributed by atoms with Crippen LogP contribution in [-0.4, -0.2) is 19.6 Å². The summed E-state index contributed by atoms with van der Waals surface area (Å²) in [5.41, 5.74) is 0.740. The van der Waals surface area contributed by atoms with Crippen LogP contribution in [-0.2, 0) is 0 Å². The third-order valence-electron chi connectivity index (χ3n) is 1.81. The standard InChI is InChI=1S/C8H9ClN4/c1-5(2)8-12-11-7-3-6(9)10-4-13(7)8/h3-5H,1-2H3. The lowest BCUT2D eigenvalue weighted by atomic mass is 10.2. The SMILES string of the molecule is CC(C)c1nnc2cc(Cl)ncn12. The summed E-state index contributed by atoms with van der Waals surface area (Å²) in [6.07, 6.45) is 1.65. The molecular weight excluding hydrogens is 188 g/mol. The van der Waals surface area contributed by atoms with Gasteiger partial charge in [0.05, 0.1) is 0 Å². The van der Waals surface area contributed by atoms with Crippen molar-refractivity contribution in [2.24, 2.45) is 0 Å². The van der Waals surface area contributed by atoms with Gasteiger partial charge in [0.1, 0.15) is 17.3 Å². The number of nitrogens with zero attached hydrogens (tertiary/aromatic N) is 4. The van der Waals surface area contributed by atoms with Crippen LogP contribution in [0.3, 0.4) is 0 Å². The maximum absolute atomic E-state index is 5.72. The van der Waals surface area contributed by atoms with Crippen molar-refractivity contribution in [2.75, 3.05) is 0 Å². The van der Waals surface area contributed by atoms with Crippen LogP contribution in [0, 0.1) is 0 Å². The topological polar surface area (TPSA) is 43.1 Å². The Morgan fingerprint density at radius 2 is 2.15 bits per heavy atom. The summed E-state index contributed by atoms with van der Waals surface area (Å²) in [6, 6.07) is 1.69.